The molecule has 17 heavy (non-hydrogen) atoms. The topological polar surface area (TPSA) is 104 Å². The lowest BCUT2D eigenvalue weighted by Crippen LogP contribution is -2.37. The second-order valence-electron chi connectivity index (χ2n) is 3.40. The number of carbonyl (C=O) groups excluding carboxylic acids is 1. The van der Waals surface area contributed by atoms with Gasteiger partial charge in [0.05, 0.1) is 23.6 Å². The van der Waals surface area contributed by atoms with Gasteiger partial charge in [-0.15, -0.1) is 0 Å². The number of hydrogen-bond donors (Lipinski definition) is 1. The van der Waals surface area contributed by atoms with Gasteiger partial charge < -0.3 is 5.73 Å². The number of nitrogens with two attached hydrogens (primary N) is 1. The van der Waals surface area contributed by atoms with Gasteiger partial charge in [0.1, 0.15) is 6.54 Å². The molecule has 1 amide bonds. The summed E-state index contributed by atoms with van der Waals surface area (Å²) in [7, 11) is -3.61. The van der Waals surface area contributed by atoms with Gasteiger partial charge in [0.2, 0.25) is 15.9 Å². The first-order chi connectivity index (χ1) is 7.84. The Labute approximate surface area is 99.3 Å². The molecule has 0 atom stereocenters. The van der Waals surface area contributed by atoms with Crippen molar-refractivity contribution in [2.45, 2.75) is 0 Å². The first-order valence-corrected chi connectivity index (χ1v) is 6.45. The van der Waals surface area contributed by atoms with Crippen LogP contribution in [0.3, 0.4) is 0 Å². The van der Waals surface area contributed by atoms with E-state index in [0.29, 0.717) is 5.56 Å². The van der Waals surface area contributed by atoms with Crippen LogP contribution in [0, 0.1) is 11.3 Å². The average Bonchev–Trinajstić information content (AvgIpc) is 2.24. The van der Waals surface area contributed by atoms with E-state index in [1.807, 2.05) is 6.07 Å². The number of rotatable bonds is 4. The van der Waals surface area contributed by atoms with E-state index in [0.717, 1.165) is 10.6 Å². The van der Waals surface area contributed by atoms with E-state index in [1.54, 1.807) is 0 Å². The number of nitrogens with zero attached hydrogens (tertiary/aromatic N) is 2. The smallest absolute Gasteiger partial charge is 0.238 e. The fraction of sp³-hybridized carbons (Fsp3) is 0.200. The Morgan fingerprint density at radius 3 is 2.65 bits per heavy atom. The molecular formula is C10H11N3O3S. The Morgan fingerprint density at radius 1 is 1.53 bits per heavy atom. The molecule has 0 aliphatic heterocycles. The summed E-state index contributed by atoms with van der Waals surface area (Å²) in [6, 6.07) is 7.83. The Morgan fingerprint density at radius 2 is 2.18 bits per heavy atom. The molecule has 0 heterocycles. The maximum Gasteiger partial charge on any atom is 0.238 e. The standard InChI is InChI=1S/C10H11N3O3S/c1-17(15,16)13(7-10(12)14)9-4-2-3-8(5-9)6-11/h2-5H,7H2,1H3,(H2,12,14). The average molecular weight is 253 g/mol. The van der Waals surface area contributed by atoms with Gasteiger partial charge in [-0.3, -0.25) is 9.10 Å². The van der Waals surface area contributed by atoms with Crippen molar-refractivity contribution < 1.29 is 13.2 Å². The molecular weight excluding hydrogens is 242 g/mol. The molecule has 1 rings (SSSR count). The highest BCUT2D eigenvalue weighted by atomic mass is 32.2. The van der Waals surface area contributed by atoms with Crippen LogP contribution in [0.5, 0.6) is 0 Å². The Balaban J connectivity index is 3.23. The van der Waals surface area contributed by atoms with Crippen LogP contribution >= 0.6 is 0 Å². The summed E-state index contributed by atoms with van der Waals surface area (Å²) >= 11 is 0. The molecule has 0 aliphatic rings. The van der Waals surface area contributed by atoms with Crippen LogP contribution < -0.4 is 10.0 Å². The Kier molecular flexibility index (Phi) is 3.70. The second kappa shape index (κ2) is 4.84. The van der Waals surface area contributed by atoms with Gasteiger partial charge in [-0.05, 0) is 18.2 Å². The minimum absolute atomic E-state index is 0.241. The summed E-state index contributed by atoms with van der Waals surface area (Å²) in [5, 5.41) is 8.72. The molecule has 7 heteroatoms. The molecule has 0 saturated carbocycles. The van der Waals surface area contributed by atoms with Crippen molar-refractivity contribution in [3.05, 3.63) is 29.8 Å². The lowest BCUT2D eigenvalue weighted by atomic mass is 10.2. The van der Waals surface area contributed by atoms with Crippen LogP contribution in [0.4, 0.5) is 5.69 Å². The van der Waals surface area contributed by atoms with Crippen molar-refractivity contribution in [1.29, 1.82) is 5.26 Å². The van der Waals surface area contributed by atoms with E-state index < -0.39 is 22.5 Å². The molecule has 2 N–H and O–H groups in total. The number of benzene rings is 1. The summed E-state index contributed by atoms with van der Waals surface area (Å²) in [6.07, 6.45) is 0.967. The van der Waals surface area contributed by atoms with Gasteiger partial charge in [0.25, 0.3) is 0 Å². The molecule has 0 saturated heterocycles. The van der Waals surface area contributed by atoms with Crippen molar-refractivity contribution in [2.75, 3.05) is 17.1 Å². The van der Waals surface area contributed by atoms with Gasteiger partial charge in [0.15, 0.2) is 0 Å². The minimum atomic E-state index is -3.61. The molecule has 0 bridgehead atoms. The molecule has 0 aliphatic carbocycles. The van der Waals surface area contributed by atoms with E-state index in [9.17, 15) is 13.2 Å². The first-order valence-electron chi connectivity index (χ1n) is 4.61. The third kappa shape index (κ3) is 3.46. The van der Waals surface area contributed by atoms with Crippen LogP contribution in [0.25, 0.3) is 0 Å². The number of nitriles is 1. The van der Waals surface area contributed by atoms with Crippen LogP contribution in [0.1, 0.15) is 5.56 Å². The predicted molar refractivity (Wildman–Crippen MR) is 62.5 cm³/mol. The molecule has 0 fully saturated rings. The molecule has 0 spiro atoms. The summed E-state index contributed by atoms with van der Waals surface area (Å²) in [4.78, 5) is 10.8. The van der Waals surface area contributed by atoms with E-state index in [1.165, 1.54) is 24.3 Å². The zero-order valence-electron chi connectivity index (χ0n) is 9.12. The summed E-state index contributed by atoms with van der Waals surface area (Å²) in [6.45, 7) is -0.451. The number of carbonyl (C=O) groups is 1. The van der Waals surface area contributed by atoms with Crippen molar-refractivity contribution in [1.82, 2.24) is 0 Å². The molecule has 6 nitrogen and oxygen atoms in total. The van der Waals surface area contributed by atoms with E-state index >= 15 is 0 Å². The predicted octanol–water partition coefficient (Wildman–Crippen LogP) is -0.190. The number of hydrogen-bond acceptors (Lipinski definition) is 4. The van der Waals surface area contributed by atoms with Crippen molar-refractivity contribution in [3.63, 3.8) is 0 Å². The third-order valence-corrected chi connectivity index (χ3v) is 3.10. The quantitative estimate of drug-likeness (QED) is 0.802. The molecule has 0 unspecified atom stereocenters. The zero-order valence-corrected chi connectivity index (χ0v) is 9.94. The SMILES string of the molecule is CS(=O)(=O)N(CC(N)=O)c1cccc(C#N)c1. The van der Waals surface area contributed by atoms with Gasteiger partial charge >= 0.3 is 0 Å². The van der Waals surface area contributed by atoms with Crippen LogP contribution in [-0.2, 0) is 14.8 Å². The van der Waals surface area contributed by atoms with Gasteiger partial charge in [-0.2, -0.15) is 5.26 Å². The van der Waals surface area contributed by atoms with E-state index in [4.69, 9.17) is 11.0 Å². The van der Waals surface area contributed by atoms with Crippen LogP contribution in [0.15, 0.2) is 24.3 Å². The van der Waals surface area contributed by atoms with Crippen molar-refractivity contribution in [3.8, 4) is 6.07 Å². The maximum absolute atomic E-state index is 11.5. The van der Waals surface area contributed by atoms with Crippen LogP contribution in [-0.4, -0.2) is 27.1 Å². The largest absolute Gasteiger partial charge is 0.368 e. The molecule has 1 aromatic rings. The highest BCUT2D eigenvalue weighted by Crippen LogP contribution is 2.18. The fourth-order valence-electron chi connectivity index (χ4n) is 1.27. The Bertz CT molecular complexity index is 575. The number of amides is 1. The normalized spacial score (nSPS) is 10.6. The number of sulfonamides is 1. The molecule has 1 aromatic carbocycles. The highest BCUT2D eigenvalue weighted by molar-refractivity contribution is 7.92. The monoisotopic (exact) mass is 253 g/mol. The lowest BCUT2D eigenvalue weighted by molar-refractivity contribution is -0.116. The third-order valence-electron chi connectivity index (χ3n) is 1.96. The maximum atomic E-state index is 11.5. The molecule has 0 radical (unpaired) electrons. The summed E-state index contributed by atoms with van der Waals surface area (Å²) in [5.74, 6) is -0.766. The van der Waals surface area contributed by atoms with Gasteiger partial charge in [-0.1, -0.05) is 6.07 Å². The minimum Gasteiger partial charge on any atom is -0.368 e. The second-order valence-corrected chi connectivity index (χ2v) is 5.30. The Hall–Kier alpha value is -2.07. The molecule has 0 aromatic heterocycles. The first kappa shape index (κ1) is 13.0. The van der Waals surface area contributed by atoms with E-state index in [-0.39, 0.29) is 5.69 Å². The molecule has 90 valence electrons. The lowest BCUT2D eigenvalue weighted by Gasteiger charge is -2.20. The van der Waals surface area contributed by atoms with Crippen molar-refractivity contribution >= 4 is 21.6 Å². The van der Waals surface area contributed by atoms with Gasteiger partial charge in [-0.25, -0.2) is 8.42 Å². The summed E-state index contributed by atoms with van der Waals surface area (Å²) in [5.41, 5.74) is 5.54. The zero-order chi connectivity index (χ0) is 13.1. The van der Waals surface area contributed by atoms with Crippen LogP contribution in [0.2, 0.25) is 0 Å². The van der Waals surface area contributed by atoms with Crippen molar-refractivity contribution in [2.24, 2.45) is 5.73 Å². The van der Waals surface area contributed by atoms with E-state index in [2.05, 4.69) is 0 Å². The fourth-order valence-corrected chi connectivity index (χ4v) is 2.13. The van der Waals surface area contributed by atoms with Gasteiger partial charge in [0, 0.05) is 0 Å². The highest BCUT2D eigenvalue weighted by Gasteiger charge is 2.19. The summed E-state index contributed by atoms with van der Waals surface area (Å²) < 4.78 is 23.9. The number of anilines is 1. The number of primary amides is 1.